The molecule has 2 aromatic carbocycles. The van der Waals surface area contributed by atoms with E-state index in [9.17, 15) is 9.65 Å². The van der Waals surface area contributed by atoms with Crippen LogP contribution in [0.1, 0.15) is 41.7 Å². The Morgan fingerprint density at radius 3 is 2.83 bits per heavy atom. The van der Waals surface area contributed by atoms with Crippen LogP contribution in [0, 0.1) is 17.1 Å². The molecule has 2 heterocycles. The van der Waals surface area contributed by atoms with Crippen LogP contribution in [0.5, 0.6) is 5.75 Å². The summed E-state index contributed by atoms with van der Waals surface area (Å²) >= 11 is 0. The van der Waals surface area contributed by atoms with Crippen LogP contribution in [0.2, 0.25) is 0 Å². The summed E-state index contributed by atoms with van der Waals surface area (Å²) in [4.78, 5) is 4.63. The monoisotopic (exact) mass is 482 g/mol. The van der Waals surface area contributed by atoms with E-state index >= 15 is 0 Å². The standard InChI is InChI=1S/C30H31FN4O/c1-4-24(17-32)35-29(25(5-2)22-7-8-23-18-33-14-12-21(23)16-22)10-6-20(3)34-19-27-26-13-15-36-30(26)11-9-28(27)31/h4-11,16,33-34H,3,12-15,18-19H2,1-2H3/b10-6+,24-4-,25-5-,35-29?. The van der Waals surface area contributed by atoms with Crippen molar-refractivity contribution in [3.63, 3.8) is 0 Å². The van der Waals surface area contributed by atoms with Gasteiger partial charge in [-0.25, -0.2) is 9.38 Å². The molecule has 5 nitrogen and oxygen atoms in total. The molecule has 184 valence electrons. The number of aliphatic imine (C=N–C) groups is 1. The quantitative estimate of drug-likeness (QED) is 0.295. The van der Waals surface area contributed by atoms with Gasteiger partial charge in [0.1, 0.15) is 23.3 Å². The summed E-state index contributed by atoms with van der Waals surface area (Å²) in [7, 11) is 0. The molecule has 0 radical (unpaired) electrons. The summed E-state index contributed by atoms with van der Waals surface area (Å²) < 4.78 is 20.0. The van der Waals surface area contributed by atoms with E-state index in [1.807, 2.05) is 25.2 Å². The molecule has 0 unspecified atom stereocenters. The summed E-state index contributed by atoms with van der Waals surface area (Å²) in [5, 5.41) is 16.1. The molecule has 0 bridgehead atoms. The van der Waals surface area contributed by atoms with Crippen molar-refractivity contribution in [3.05, 3.63) is 106 Å². The maximum atomic E-state index is 14.5. The lowest BCUT2D eigenvalue weighted by atomic mass is 9.93. The van der Waals surface area contributed by atoms with E-state index in [1.54, 1.807) is 19.1 Å². The van der Waals surface area contributed by atoms with Crippen molar-refractivity contribution in [1.82, 2.24) is 10.6 Å². The molecule has 0 spiro atoms. The zero-order valence-electron chi connectivity index (χ0n) is 20.8. The van der Waals surface area contributed by atoms with E-state index in [-0.39, 0.29) is 5.82 Å². The van der Waals surface area contributed by atoms with Gasteiger partial charge in [-0.05, 0) is 67.8 Å². The summed E-state index contributed by atoms with van der Waals surface area (Å²) in [6, 6.07) is 11.7. The van der Waals surface area contributed by atoms with Gasteiger partial charge < -0.3 is 15.4 Å². The molecule has 2 aliphatic heterocycles. The predicted molar refractivity (Wildman–Crippen MR) is 143 cm³/mol. The molecular weight excluding hydrogens is 451 g/mol. The van der Waals surface area contributed by atoms with Gasteiger partial charge >= 0.3 is 0 Å². The fourth-order valence-corrected chi connectivity index (χ4v) is 4.53. The number of allylic oxidation sites excluding steroid dienone is 6. The van der Waals surface area contributed by atoms with Crippen LogP contribution in [0.25, 0.3) is 5.57 Å². The highest BCUT2D eigenvalue weighted by atomic mass is 19.1. The van der Waals surface area contributed by atoms with Gasteiger partial charge in [0.05, 0.1) is 12.3 Å². The molecule has 0 atom stereocenters. The predicted octanol–water partition coefficient (Wildman–Crippen LogP) is 5.54. The second-order valence-corrected chi connectivity index (χ2v) is 8.71. The van der Waals surface area contributed by atoms with Crippen LogP contribution in [0.15, 0.2) is 77.6 Å². The van der Waals surface area contributed by atoms with E-state index in [4.69, 9.17) is 4.74 Å². The summed E-state index contributed by atoms with van der Waals surface area (Å²) in [5.74, 6) is 0.494. The van der Waals surface area contributed by atoms with E-state index in [2.05, 4.69) is 46.5 Å². The number of nitrogens with one attached hydrogen (secondary N) is 2. The largest absolute Gasteiger partial charge is 0.493 e. The van der Waals surface area contributed by atoms with E-state index in [0.29, 0.717) is 42.2 Å². The second-order valence-electron chi connectivity index (χ2n) is 8.71. The Morgan fingerprint density at radius 1 is 1.19 bits per heavy atom. The lowest BCUT2D eigenvalue weighted by Crippen LogP contribution is -2.23. The zero-order valence-corrected chi connectivity index (χ0v) is 20.8. The van der Waals surface area contributed by atoms with Gasteiger partial charge in [0.15, 0.2) is 0 Å². The summed E-state index contributed by atoms with van der Waals surface area (Å²) in [6.45, 7) is 10.6. The number of hydrogen-bond donors (Lipinski definition) is 2. The highest BCUT2D eigenvalue weighted by molar-refractivity contribution is 6.29. The fourth-order valence-electron chi connectivity index (χ4n) is 4.53. The van der Waals surface area contributed by atoms with Crippen molar-refractivity contribution in [2.75, 3.05) is 13.2 Å². The Bertz CT molecular complexity index is 1330. The molecule has 0 fully saturated rings. The van der Waals surface area contributed by atoms with E-state index in [0.717, 1.165) is 42.0 Å². The van der Waals surface area contributed by atoms with Crippen LogP contribution in [-0.2, 0) is 25.9 Å². The molecule has 2 aromatic rings. The third-order valence-electron chi connectivity index (χ3n) is 6.47. The molecule has 0 saturated heterocycles. The van der Waals surface area contributed by atoms with Gasteiger partial charge in [-0.1, -0.05) is 36.9 Å². The summed E-state index contributed by atoms with van der Waals surface area (Å²) in [6.07, 6.45) is 9.04. The highest BCUT2D eigenvalue weighted by Crippen LogP contribution is 2.30. The Labute approximate surface area is 212 Å². The zero-order chi connectivity index (χ0) is 25.5. The van der Waals surface area contributed by atoms with Crippen molar-refractivity contribution in [2.45, 2.75) is 39.8 Å². The van der Waals surface area contributed by atoms with Crippen molar-refractivity contribution in [3.8, 4) is 11.8 Å². The van der Waals surface area contributed by atoms with Crippen molar-refractivity contribution >= 4 is 11.3 Å². The SMILES string of the molecule is C=C(/C=C/C(=NC(/C#N)=C\C)/C(=C\C)c1ccc2c(c1)CCNC2)NCc1c(F)ccc2c1CCO2. The number of fused-ring (bicyclic) bond motifs is 2. The van der Waals surface area contributed by atoms with Crippen LogP contribution in [-0.4, -0.2) is 18.9 Å². The molecule has 0 saturated carbocycles. The first-order valence-electron chi connectivity index (χ1n) is 12.2. The average molecular weight is 483 g/mol. The van der Waals surface area contributed by atoms with Gasteiger partial charge in [-0.15, -0.1) is 0 Å². The van der Waals surface area contributed by atoms with Crippen molar-refractivity contribution in [2.24, 2.45) is 4.99 Å². The molecule has 2 N–H and O–H groups in total. The number of hydrogen-bond acceptors (Lipinski definition) is 5. The fraction of sp³-hybridized carbons (Fsp3) is 0.267. The smallest absolute Gasteiger partial charge is 0.136 e. The first kappa shape index (κ1) is 25.2. The molecular formula is C30H31FN4O. The van der Waals surface area contributed by atoms with Gasteiger partial charge in [-0.3, -0.25) is 0 Å². The van der Waals surface area contributed by atoms with Crippen molar-refractivity contribution in [1.29, 1.82) is 5.26 Å². The number of benzene rings is 2. The van der Waals surface area contributed by atoms with Gasteiger partial charge in [0, 0.05) is 41.9 Å². The van der Waals surface area contributed by atoms with Crippen LogP contribution in [0.4, 0.5) is 4.39 Å². The Kier molecular flexibility index (Phi) is 8.14. The second kappa shape index (κ2) is 11.7. The van der Waals surface area contributed by atoms with Gasteiger partial charge in [0.25, 0.3) is 0 Å². The van der Waals surface area contributed by atoms with Crippen molar-refractivity contribution < 1.29 is 9.13 Å². The summed E-state index contributed by atoms with van der Waals surface area (Å²) in [5.41, 5.74) is 7.73. The maximum Gasteiger partial charge on any atom is 0.136 e. The number of rotatable bonds is 8. The molecule has 0 aromatic heterocycles. The number of ether oxygens (including phenoxy) is 1. The molecule has 0 aliphatic carbocycles. The normalized spacial score (nSPS) is 15.8. The third-order valence-corrected chi connectivity index (χ3v) is 6.47. The minimum Gasteiger partial charge on any atom is -0.493 e. The van der Waals surface area contributed by atoms with Crippen LogP contribution >= 0.6 is 0 Å². The van der Waals surface area contributed by atoms with E-state index in [1.165, 1.54) is 17.2 Å². The highest BCUT2D eigenvalue weighted by Gasteiger charge is 2.19. The minimum absolute atomic E-state index is 0.253. The molecule has 4 rings (SSSR count). The molecule has 2 aliphatic rings. The van der Waals surface area contributed by atoms with E-state index < -0.39 is 0 Å². The molecule has 36 heavy (non-hydrogen) atoms. The maximum absolute atomic E-state index is 14.5. The van der Waals surface area contributed by atoms with Gasteiger partial charge in [-0.2, -0.15) is 5.26 Å². The first-order valence-corrected chi connectivity index (χ1v) is 12.2. The topological polar surface area (TPSA) is 69.4 Å². The average Bonchev–Trinajstić information content (AvgIpc) is 3.38. The first-order chi connectivity index (χ1) is 17.5. The van der Waals surface area contributed by atoms with Crippen LogP contribution < -0.4 is 15.4 Å². The Balaban J connectivity index is 1.56. The number of halogens is 1. The Hall–Kier alpha value is -3.95. The lowest BCUT2D eigenvalue weighted by molar-refractivity contribution is 0.356. The number of nitrogens with zero attached hydrogens (tertiary/aromatic N) is 2. The molecule has 0 amide bonds. The minimum atomic E-state index is -0.253. The lowest BCUT2D eigenvalue weighted by Gasteiger charge is -2.19. The Morgan fingerprint density at radius 2 is 2.06 bits per heavy atom. The third kappa shape index (κ3) is 5.64. The van der Waals surface area contributed by atoms with Crippen LogP contribution in [0.3, 0.4) is 0 Å². The van der Waals surface area contributed by atoms with Gasteiger partial charge in [0.2, 0.25) is 0 Å². The number of nitriles is 1. The molecule has 6 heteroatoms.